The molecule has 1 fully saturated rings. The molecule has 0 aliphatic carbocycles. The van der Waals surface area contributed by atoms with Crippen LogP contribution in [-0.4, -0.2) is 54.0 Å². The second kappa shape index (κ2) is 7.72. The van der Waals surface area contributed by atoms with E-state index in [9.17, 15) is 4.79 Å². The van der Waals surface area contributed by atoms with Crippen LogP contribution >= 0.6 is 11.3 Å². The van der Waals surface area contributed by atoms with Crippen molar-refractivity contribution >= 4 is 28.2 Å². The van der Waals surface area contributed by atoms with E-state index in [1.807, 2.05) is 30.5 Å². The summed E-state index contributed by atoms with van der Waals surface area (Å²) in [5.74, 6) is 1.57. The fourth-order valence-corrected chi connectivity index (χ4v) is 3.52. The summed E-state index contributed by atoms with van der Waals surface area (Å²) in [5, 5.41) is 6.04. The van der Waals surface area contributed by atoms with Gasteiger partial charge in [-0.25, -0.2) is 9.97 Å². The highest BCUT2D eigenvalue weighted by Gasteiger charge is 2.25. The van der Waals surface area contributed by atoms with Crippen LogP contribution in [0.3, 0.4) is 0 Å². The molecule has 24 heavy (non-hydrogen) atoms. The van der Waals surface area contributed by atoms with Gasteiger partial charge in [0.05, 0.1) is 6.54 Å². The predicted molar refractivity (Wildman–Crippen MR) is 97.5 cm³/mol. The van der Waals surface area contributed by atoms with Crippen LogP contribution in [0.5, 0.6) is 0 Å². The number of rotatable bonds is 6. The number of thiazole rings is 1. The molecular weight excluding hydrogens is 322 g/mol. The third-order valence-electron chi connectivity index (χ3n) is 4.27. The minimum absolute atomic E-state index is 0.0962. The molecule has 0 bridgehead atoms. The molecule has 1 saturated heterocycles. The third kappa shape index (κ3) is 4.30. The fraction of sp³-hybridized carbons (Fsp3) is 0.471. The number of anilines is 2. The quantitative estimate of drug-likeness (QED) is 0.870. The van der Waals surface area contributed by atoms with E-state index < -0.39 is 0 Å². The van der Waals surface area contributed by atoms with Crippen molar-refractivity contribution in [1.82, 2.24) is 14.9 Å². The number of nitrogens with zero attached hydrogens (tertiary/aromatic N) is 4. The van der Waals surface area contributed by atoms with E-state index in [0.717, 1.165) is 42.7 Å². The number of carbonyl (C=O) groups is 1. The SMILES string of the molecule is Cc1cccc(NC[C@H]2CCN(CC(=O)N(C)c3nccs3)C2)n1. The molecule has 3 heterocycles. The maximum absolute atomic E-state index is 12.3. The Morgan fingerprint density at radius 2 is 2.38 bits per heavy atom. The summed E-state index contributed by atoms with van der Waals surface area (Å²) >= 11 is 1.48. The van der Waals surface area contributed by atoms with Gasteiger partial charge in [0.25, 0.3) is 0 Å². The number of likely N-dealkylation sites (tertiary alicyclic amines) is 1. The zero-order chi connectivity index (χ0) is 16.9. The number of nitrogens with one attached hydrogen (secondary N) is 1. The number of carbonyl (C=O) groups excluding carboxylic acids is 1. The molecule has 3 rings (SSSR count). The summed E-state index contributed by atoms with van der Waals surface area (Å²) in [5.41, 5.74) is 1.02. The first kappa shape index (κ1) is 16.9. The zero-order valence-electron chi connectivity index (χ0n) is 14.1. The molecule has 1 N–H and O–H groups in total. The Kier molecular flexibility index (Phi) is 5.42. The molecule has 0 saturated carbocycles. The maximum Gasteiger partial charge on any atom is 0.242 e. The van der Waals surface area contributed by atoms with Gasteiger partial charge in [0.2, 0.25) is 5.91 Å². The minimum Gasteiger partial charge on any atom is -0.370 e. The van der Waals surface area contributed by atoms with Crippen molar-refractivity contribution in [3.8, 4) is 0 Å². The van der Waals surface area contributed by atoms with Crippen LogP contribution in [0.1, 0.15) is 12.1 Å². The molecule has 6 nitrogen and oxygen atoms in total. The number of hydrogen-bond acceptors (Lipinski definition) is 6. The Labute approximate surface area is 146 Å². The van der Waals surface area contributed by atoms with Gasteiger partial charge in [0, 0.05) is 37.4 Å². The van der Waals surface area contributed by atoms with E-state index >= 15 is 0 Å². The van der Waals surface area contributed by atoms with Gasteiger partial charge in [-0.3, -0.25) is 14.6 Å². The predicted octanol–water partition coefficient (Wildman–Crippen LogP) is 2.24. The first-order chi connectivity index (χ1) is 11.6. The molecular formula is C17H23N5OS. The van der Waals surface area contributed by atoms with Crippen LogP contribution in [-0.2, 0) is 4.79 Å². The number of hydrogen-bond donors (Lipinski definition) is 1. The summed E-state index contributed by atoms with van der Waals surface area (Å²) in [6.45, 7) is 5.24. The number of amides is 1. The van der Waals surface area contributed by atoms with Crippen LogP contribution in [0.25, 0.3) is 0 Å². The van der Waals surface area contributed by atoms with E-state index in [4.69, 9.17) is 0 Å². The maximum atomic E-state index is 12.3. The first-order valence-electron chi connectivity index (χ1n) is 8.18. The summed E-state index contributed by atoms with van der Waals surface area (Å²) in [6.07, 6.45) is 2.83. The standard InChI is InChI=1S/C17H23N5OS/c1-13-4-3-5-15(20-13)19-10-14-6-8-22(11-14)12-16(23)21(2)17-18-7-9-24-17/h3-5,7,9,14H,6,8,10-12H2,1-2H3,(H,19,20)/t14-/m1/s1. The molecule has 0 spiro atoms. The largest absolute Gasteiger partial charge is 0.370 e. The Balaban J connectivity index is 1.44. The van der Waals surface area contributed by atoms with Crippen molar-refractivity contribution in [1.29, 1.82) is 0 Å². The molecule has 1 aliphatic rings. The highest BCUT2D eigenvalue weighted by molar-refractivity contribution is 7.13. The van der Waals surface area contributed by atoms with Gasteiger partial charge in [0.15, 0.2) is 5.13 Å². The number of aromatic nitrogens is 2. The molecule has 2 aromatic rings. The topological polar surface area (TPSA) is 61.4 Å². The minimum atomic E-state index is 0.0962. The highest BCUT2D eigenvalue weighted by Crippen LogP contribution is 2.19. The fourth-order valence-electron chi connectivity index (χ4n) is 2.90. The average Bonchev–Trinajstić information content (AvgIpc) is 3.24. The summed E-state index contributed by atoms with van der Waals surface area (Å²) in [6, 6.07) is 6.00. The van der Waals surface area contributed by atoms with Crippen LogP contribution in [0, 0.1) is 12.8 Å². The van der Waals surface area contributed by atoms with Gasteiger partial charge in [-0.2, -0.15) is 0 Å². The van der Waals surface area contributed by atoms with Crippen molar-refractivity contribution in [2.45, 2.75) is 13.3 Å². The van der Waals surface area contributed by atoms with Crippen LogP contribution in [0.2, 0.25) is 0 Å². The van der Waals surface area contributed by atoms with Crippen molar-refractivity contribution in [2.24, 2.45) is 5.92 Å². The van der Waals surface area contributed by atoms with Gasteiger partial charge in [0.1, 0.15) is 5.82 Å². The summed E-state index contributed by atoms with van der Waals surface area (Å²) in [7, 11) is 1.79. The van der Waals surface area contributed by atoms with Crippen molar-refractivity contribution < 1.29 is 4.79 Å². The van der Waals surface area contributed by atoms with Crippen LogP contribution in [0.4, 0.5) is 10.9 Å². The number of pyridine rings is 1. The van der Waals surface area contributed by atoms with E-state index in [-0.39, 0.29) is 5.91 Å². The molecule has 1 amide bonds. The molecule has 1 aliphatic heterocycles. The average molecular weight is 345 g/mol. The molecule has 2 aromatic heterocycles. The van der Waals surface area contributed by atoms with Crippen molar-refractivity contribution in [2.75, 3.05) is 43.4 Å². The molecule has 7 heteroatoms. The first-order valence-corrected chi connectivity index (χ1v) is 9.05. The molecule has 128 valence electrons. The number of aryl methyl sites for hydroxylation is 1. The lowest BCUT2D eigenvalue weighted by molar-refractivity contribution is -0.119. The van der Waals surface area contributed by atoms with E-state index in [1.54, 1.807) is 18.1 Å². The van der Waals surface area contributed by atoms with Gasteiger partial charge in [-0.15, -0.1) is 11.3 Å². The molecule has 0 radical (unpaired) electrons. The van der Waals surface area contributed by atoms with Crippen LogP contribution < -0.4 is 10.2 Å². The van der Waals surface area contributed by atoms with Crippen molar-refractivity contribution in [3.05, 3.63) is 35.5 Å². The second-order valence-corrected chi connectivity index (χ2v) is 7.08. The molecule has 0 aromatic carbocycles. The van der Waals surface area contributed by atoms with E-state index in [1.165, 1.54) is 11.3 Å². The normalized spacial score (nSPS) is 17.8. The van der Waals surface area contributed by atoms with Gasteiger partial charge in [-0.05, 0) is 37.9 Å². The summed E-state index contributed by atoms with van der Waals surface area (Å²) in [4.78, 5) is 24.9. The summed E-state index contributed by atoms with van der Waals surface area (Å²) < 4.78 is 0. The van der Waals surface area contributed by atoms with Gasteiger partial charge in [-0.1, -0.05) is 6.07 Å². The lowest BCUT2D eigenvalue weighted by atomic mass is 10.1. The Bertz CT molecular complexity index is 675. The highest BCUT2D eigenvalue weighted by atomic mass is 32.1. The monoisotopic (exact) mass is 345 g/mol. The Morgan fingerprint density at radius 1 is 1.50 bits per heavy atom. The Morgan fingerprint density at radius 3 is 3.12 bits per heavy atom. The molecule has 1 atom stereocenters. The third-order valence-corrected chi connectivity index (χ3v) is 5.12. The lowest BCUT2D eigenvalue weighted by Gasteiger charge is -2.20. The van der Waals surface area contributed by atoms with E-state index in [2.05, 4.69) is 20.2 Å². The van der Waals surface area contributed by atoms with E-state index in [0.29, 0.717) is 12.5 Å². The van der Waals surface area contributed by atoms with Crippen LogP contribution in [0.15, 0.2) is 29.8 Å². The van der Waals surface area contributed by atoms with Gasteiger partial charge < -0.3 is 5.32 Å². The van der Waals surface area contributed by atoms with Crippen molar-refractivity contribution in [3.63, 3.8) is 0 Å². The Hall–Kier alpha value is -1.99. The zero-order valence-corrected chi connectivity index (χ0v) is 14.9. The smallest absolute Gasteiger partial charge is 0.242 e. The van der Waals surface area contributed by atoms with Gasteiger partial charge >= 0.3 is 0 Å². The second-order valence-electron chi connectivity index (χ2n) is 6.20. The lowest BCUT2D eigenvalue weighted by Crippen LogP contribution is -2.37. The molecule has 0 unspecified atom stereocenters. The number of likely N-dealkylation sites (N-methyl/N-ethyl adjacent to an activating group) is 1.